The molecule has 0 spiro atoms. The Balaban J connectivity index is 1.56. The van der Waals surface area contributed by atoms with Crippen molar-refractivity contribution in [2.24, 2.45) is 27.2 Å². The Morgan fingerprint density at radius 2 is 1.38 bits per heavy atom. The van der Waals surface area contributed by atoms with Crippen molar-refractivity contribution in [2.45, 2.75) is 95.8 Å². The lowest BCUT2D eigenvalue weighted by Gasteiger charge is -2.33. The first-order valence-corrected chi connectivity index (χ1v) is 21.8. The Morgan fingerprint density at radius 1 is 0.719 bits per heavy atom. The minimum atomic E-state index is -1.16. The summed E-state index contributed by atoms with van der Waals surface area (Å²) in [5.41, 5.74) is 18.4. The van der Waals surface area contributed by atoms with Gasteiger partial charge in [-0.15, -0.1) is 0 Å². The molecule has 19 nitrogen and oxygen atoms in total. The molecule has 1 aliphatic rings. The molecule has 0 unspecified atom stereocenters. The number of carbonyl (C=O) groups excluding carboxylic acids is 6. The topological polar surface area (TPSA) is 301 Å². The predicted octanol–water partition coefficient (Wildman–Crippen LogP) is 0.176. The number of benzene rings is 3. The van der Waals surface area contributed by atoms with Gasteiger partial charge in [-0.1, -0.05) is 67.4 Å². The predicted molar refractivity (Wildman–Crippen MR) is 246 cm³/mol. The molecule has 3 aromatic rings. The van der Waals surface area contributed by atoms with Crippen molar-refractivity contribution in [1.29, 1.82) is 0 Å². The number of aromatic hydroxyl groups is 1. The molecule has 4 rings (SSSR count). The molecule has 19 heteroatoms. The molecule has 1 heterocycles. The second kappa shape index (κ2) is 25.9. The molecule has 3 aromatic carbocycles. The summed E-state index contributed by atoms with van der Waals surface area (Å²) >= 11 is 0. The molecule has 1 aliphatic heterocycles. The van der Waals surface area contributed by atoms with Crippen molar-refractivity contribution in [1.82, 2.24) is 36.8 Å². The third-order valence-electron chi connectivity index (χ3n) is 10.7. The minimum absolute atomic E-state index is 0.0174. The van der Waals surface area contributed by atoms with Crippen LogP contribution in [0.3, 0.4) is 0 Å². The molecule has 6 amide bonds. The fourth-order valence-electron chi connectivity index (χ4n) is 7.16. The number of aliphatic imine (C=N–C) groups is 2. The van der Waals surface area contributed by atoms with E-state index in [1.807, 2.05) is 42.5 Å². The summed E-state index contributed by atoms with van der Waals surface area (Å²) in [5.74, 6) is -3.01. The van der Waals surface area contributed by atoms with E-state index in [0.717, 1.165) is 29.2 Å². The maximum absolute atomic E-state index is 14.6. The molecule has 0 radical (unpaired) electrons. The Labute approximate surface area is 373 Å². The van der Waals surface area contributed by atoms with E-state index in [2.05, 4.69) is 41.9 Å². The summed E-state index contributed by atoms with van der Waals surface area (Å²) in [6.45, 7) is 4.38. The molecule has 0 saturated carbocycles. The van der Waals surface area contributed by atoms with Gasteiger partial charge >= 0.3 is 0 Å². The van der Waals surface area contributed by atoms with E-state index in [4.69, 9.17) is 17.2 Å². The highest BCUT2D eigenvalue weighted by molar-refractivity contribution is 5.97. The zero-order chi connectivity index (χ0) is 46.4. The number of hydrogen-bond acceptors (Lipinski definition) is 9. The number of fused-ring (bicyclic) bond motifs is 1. The van der Waals surface area contributed by atoms with Crippen LogP contribution in [0.5, 0.6) is 5.75 Å². The van der Waals surface area contributed by atoms with Crippen LogP contribution in [0.2, 0.25) is 0 Å². The molecule has 1 fully saturated rings. The number of guanidine groups is 2. The Bertz CT molecular complexity index is 2110. The van der Waals surface area contributed by atoms with E-state index in [1.54, 1.807) is 19.1 Å². The van der Waals surface area contributed by atoms with E-state index < -0.39 is 60.2 Å². The molecule has 13 N–H and O–H groups in total. The highest BCUT2D eigenvalue weighted by atomic mass is 16.3. The van der Waals surface area contributed by atoms with E-state index >= 15 is 0 Å². The quantitative estimate of drug-likeness (QED) is 0.0440. The molecular formula is C45H64N12O7. The molecule has 1 saturated heterocycles. The highest BCUT2D eigenvalue weighted by Gasteiger charge is 2.35. The number of nitrogens with two attached hydrogens (primary N) is 3. The van der Waals surface area contributed by atoms with Gasteiger partial charge < -0.3 is 59.1 Å². The first-order valence-electron chi connectivity index (χ1n) is 21.8. The molecule has 64 heavy (non-hydrogen) atoms. The molecule has 346 valence electrons. The number of unbranched alkanes of at least 4 members (excludes halogenated alkanes) is 3. The summed E-state index contributed by atoms with van der Waals surface area (Å²) in [5, 5.41) is 28.7. The van der Waals surface area contributed by atoms with E-state index in [-0.39, 0.29) is 50.0 Å². The van der Waals surface area contributed by atoms with Crippen LogP contribution in [0.15, 0.2) is 76.7 Å². The van der Waals surface area contributed by atoms with Gasteiger partial charge in [0.25, 0.3) is 0 Å². The van der Waals surface area contributed by atoms with Crippen LogP contribution in [0.1, 0.15) is 69.9 Å². The van der Waals surface area contributed by atoms with Gasteiger partial charge in [0.15, 0.2) is 11.9 Å². The summed E-state index contributed by atoms with van der Waals surface area (Å²) < 4.78 is 0. The van der Waals surface area contributed by atoms with Gasteiger partial charge in [0.2, 0.25) is 35.4 Å². The van der Waals surface area contributed by atoms with Crippen molar-refractivity contribution < 1.29 is 33.9 Å². The fourth-order valence-corrected chi connectivity index (χ4v) is 7.16. The monoisotopic (exact) mass is 885 g/mol. The van der Waals surface area contributed by atoms with Crippen LogP contribution in [0.25, 0.3) is 10.8 Å². The second-order valence-corrected chi connectivity index (χ2v) is 15.8. The number of hydrogen-bond donors (Lipinski definition) is 10. The maximum atomic E-state index is 14.6. The fraction of sp³-hybridized carbons (Fsp3) is 0.467. The minimum Gasteiger partial charge on any atom is -0.508 e. The van der Waals surface area contributed by atoms with Crippen LogP contribution >= 0.6 is 0 Å². The molecule has 0 aliphatic carbocycles. The third-order valence-corrected chi connectivity index (χ3v) is 10.7. The van der Waals surface area contributed by atoms with Crippen LogP contribution < -0.4 is 49.1 Å². The zero-order valence-electron chi connectivity index (χ0n) is 36.7. The van der Waals surface area contributed by atoms with Crippen LogP contribution in [-0.4, -0.2) is 121 Å². The average Bonchev–Trinajstić information content (AvgIpc) is 3.26. The van der Waals surface area contributed by atoms with Crippen molar-refractivity contribution >= 4 is 58.1 Å². The first-order chi connectivity index (χ1) is 30.7. The summed E-state index contributed by atoms with van der Waals surface area (Å²) in [6, 6.07) is 15.1. The third kappa shape index (κ3) is 17.1. The summed E-state index contributed by atoms with van der Waals surface area (Å²) in [4.78, 5) is 91.1. The number of phenols is 1. The number of rotatable bonds is 19. The SMILES string of the molecule is CC(=O)NCCCN=C(N)NCCCCCCN1C(=O)[C@@H](Cc2ccc(O)cc2)NC(=O)CNC(=O)[C@H](Cc2ccc3ccccc3c2)NC(=O)[C@H](CCCN=C(N)N)NC(=O)[C@H]1C. The van der Waals surface area contributed by atoms with Crippen molar-refractivity contribution in [3.05, 3.63) is 77.9 Å². The van der Waals surface area contributed by atoms with E-state index in [0.29, 0.717) is 56.8 Å². The first kappa shape index (κ1) is 49.7. The van der Waals surface area contributed by atoms with Crippen LogP contribution in [0, 0.1) is 0 Å². The van der Waals surface area contributed by atoms with Gasteiger partial charge in [0.05, 0.1) is 6.54 Å². The Morgan fingerprint density at radius 3 is 2.11 bits per heavy atom. The van der Waals surface area contributed by atoms with Crippen LogP contribution in [-0.2, 0) is 41.6 Å². The number of nitrogens with one attached hydrogen (secondary N) is 6. The highest BCUT2D eigenvalue weighted by Crippen LogP contribution is 2.18. The Hall–Kier alpha value is -6.92. The normalized spacial score (nSPS) is 19.1. The largest absolute Gasteiger partial charge is 0.508 e. The maximum Gasteiger partial charge on any atom is 0.246 e. The average molecular weight is 885 g/mol. The van der Waals surface area contributed by atoms with Gasteiger partial charge in [0.1, 0.15) is 29.9 Å². The van der Waals surface area contributed by atoms with E-state index in [1.165, 1.54) is 24.0 Å². The van der Waals surface area contributed by atoms with Crippen molar-refractivity contribution in [3.63, 3.8) is 0 Å². The van der Waals surface area contributed by atoms with Gasteiger partial charge in [-0.3, -0.25) is 38.8 Å². The summed E-state index contributed by atoms with van der Waals surface area (Å²) in [7, 11) is 0. The summed E-state index contributed by atoms with van der Waals surface area (Å²) in [6.07, 6.45) is 3.84. The second-order valence-electron chi connectivity index (χ2n) is 15.8. The lowest BCUT2D eigenvalue weighted by molar-refractivity contribution is -0.143. The van der Waals surface area contributed by atoms with Gasteiger partial charge in [0, 0.05) is 52.5 Å². The lowest BCUT2D eigenvalue weighted by Crippen LogP contribution is -2.58. The number of carbonyl (C=O) groups is 6. The molecular weight excluding hydrogens is 821 g/mol. The standard InChI is InChI=1S/C45H64N12O7/c1-29-40(61)55-36(13-9-21-50-44(46)47)42(63)56-37(27-32-14-17-33-11-5-6-12-34(33)25-32)41(62)53-28-39(60)54-38(26-31-15-18-35(59)19-16-31)43(64)57(29)24-8-4-3-7-20-51-45(48)52-23-10-22-49-30(2)58/h5-6,11-12,14-19,25,29,36-38,59H,3-4,7-10,13,20-24,26-28H2,1-2H3,(H,49,58)(H,53,62)(H,54,60)(H,55,61)(H,56,63)(H4,46,47,50)(H3,48,51,52)/t29-,36+,37+,38-/m1/s1. The number of amides is 6. The van der Waals surface area contributed by atoms with Crippen molar-refractivity contribution in [2.75, 3.05) is 39.3 Å². The smallest absolute Gasteiger partial charge is 0.246 e. The van der Waals surface area contributed by atoms with Gasteiger partial charge in [-0.05, 0) is 73.1 Å². The Kier molecular flexibility index (Phi) is 20.1. The molecule has 4 atom stereocenters. The zero-order valence-corrected chi connectivity index (χ0v) is 36.7. The number of nitrogens with zero attached hydrogens (tertiary/aromatic N) is 3. The van der Waals surface area contributed by atoms with Gasteiger partial charge in [-0.2, -0.15) is 0 Å². The molecule has 0 bridgehead atoms. The van der Waals surface area contributed by atoms with Gasteiger partial charge in [-0.25, -0.2) is 0 Å². The molecule has 0 aromatic heterocycles. The lowest BCUT2D eigenvalue weighted by atomic mass is 10.0. The van der Waals surface area contributed by atoms with E-state index in [9.17, 15) is 33.9 Å². The van der Waals surface area contributed by atoms with Crippen LogP contribution in [0.4, 0.5) is 0 Å². The van der Waals surface area contributed by atoms with Crippen molar-refractivity contribution in [3.8, 4) is 5.75 Å². The number of phenolic OH excluding ortho intramolecular Hbond substituents is 1.